The van der Waals surface area contributed by atoms with Crippen molar-refractivity contribution >= 4 is 23.1 Å². The summed E-state index contributed by atoms with van der Waals surface area (Å²) in [4.78, 5) is 16.3. The number of ether oxygens (including phenoxy) is 2. The van der Waals surface area contributed by atoms with Gasteiger partial charge in [-0.2, -0.15) is 0 Å². The maximum Gasteiger partial charge on any atom is 0.322 e. The predicted molar refractivity (Wildman–Crippen MR) is 116 cm³/mol. The quantitative estimate of drug-likeness (QED) is 0.641. The van der Waals surface area contributed by atoms with Crippen molar-refractivity contribution in [3.8, 4) is 11.5 Å². The Morgan fingerprint density at radius 1 is 1.10 bits per heavy atom. The molecule has 2 aromatic carbocycles. The Bertz CT molecular complexity index is 1020. The number of thiophene rings is 1. The monoisotopic (exact) mass is 408 g/mol. The summed E-state index contributed by atoms with van der Waals surface area (Å²) in [5.41, 5.74) is 4.17. The van der Waals surface area contributed by atoms with Crippen molar-refractivity contribution in [3.63, 3.8) is 0 Å². The molecular formula is C23H24N2O3S. The van der Waals surface area contributed by atoms with Gasteiger partial charge in [0.2, 0.25) is 0 Å². The number of aryl methyl sites for hydroxylation is 1. The minimum absolute atomic E-state index is 0.102. The molecule has 0 radical (unpaired) electrons. The van der Waals surface area contributed by atoms with Crippen LogP contribution in [-0.2, 0) is 6.42 Å². The Morgan fingerprint density at radius 3 is 2.59 bits per heavy atom. The molecule has 4 rings (SSSR count). The second-order valence-corrected chi connectivity index (χ2v) is 8.05. The van der Waals surface area contributed by atoms with E-state index in [1.165, 1.54) is 5.56 Å². The lowest BCUT2D eigenvalue weighted by atomic mass is 9.91. The minimum Gasteiger partial charge on any atom is -0.493 e. The number of benzene rings is 2. The van der Waals surface area contributed by atoms with Crippen LogP contribution in [0.15, 0.2) is 53.9 Å². The van der Waals surface area contributed by atoms with Crippen molar-refractivity contribution < 1.29 is 14.3 Å². The highest BCUT2D eigenvalue weighted by Gasteiger charge is 2.34. The fraction of sp³-hybridized carbons (Fsp3) is 0.261. The second-order valence-electron chi connectivity index (χ2n) is 7.07. The third-order valence-corrected chi connectivity index (χ3v) is 6.14. The first-order chi connectivity index (χ1) is 14.1. The van der Waals surface area contributed by atoms with Crippen LogP contribution >= 0.6 is 11.3 Å². The molecule has 6 heteroatoms. The van der Waals surface area contributed by atoms with Gasteiger partial charge in [-0.1, -0.05) is 18.2 Å². The van der Waals surface area contributed by atoms with Crippen molar-refractivity contribution in [1.29, 1.82) is 0 Å². The van der Waals surface area contributed by atoms with Gasteiger partial charge in [0.15, 0.2) is 11.5 Å². The number of nitrogens with zero attached hydrogens (tertiary/aromatic N) is 1. The molecule has 2 heterocycles. The number of fused-ring (bicyclic) bond motifs is 1. The van der Waals surface area contributed by atoms with Gasteiger partial charge in [-0.05, 0) is 65.7 Å². The Labute approximate surface area is 174 Å². The number of urea groups is 1. The van der Waals surface area contributed by atoms with Gasteiger partial charge >= 0.3 is 6.03 Å². The van der Waals surface area contributed by atoms with Crippen LogP contribution in [-0.4, -0.2) is 31.7 Å². The molecule has 3 aromatic rings. The molecule has 2 amide bonds. The molecule has 0 fully saturated rings. The Balaban J connectivity index is 1.73. The normalized spacial score (nSPS) is 15.6. The van der Waals surface area contributed by atoms with Crippen molar-refractivity contribution in [2.45, 2.75) is 19.4 Å². The fourth-order valence-corrected chi connectivity index (χ4v) is 4.69. The van der Waals surface area contributed by atoms with Gasteiger partial charge in [-0.3, -0.25) is 0 Å². The predicted octanol–water partition coefficient (Wildman–Crippen LogP) is 5.25. The number of hydrogen-bond acceptors (Lipinski definition) is 4. The first kappa shape index (κ1) is 19.3. The second kappa shape index (κ2) is 8.17. The van der Waals surface area contributed by atoms with E-state index in [2.05, 4.69) is 11.4 Å². The van der Waals surface area contributed by atoms with Crippen molar-refractivity contribution in [2.75, 3.05) is 26.1 Å². The van der Waals surface area contributed by atoms with Crippen molar-refractivity contribution in [3.05, 3.63) is 75.5 Å². The lowest BCUT2D eigenvalue weighted by molar-refractivity contribution is 0.194. The summed E-state index contributed by atoms with van der Waals surface area (Å²) in [6.07, 6.45) is 0.763. The molecule has 0 aliphatic carbocycles. The number of amides is 2. The van der Waals surface area contributed by atoms with E-state index in [1.807, 2.05) is 59.7 Å². The highest BCUT2D eigenvalue weighted by molar-refractivity contribution is 7.10. The van der Waals surface area contributed by atoms with Crippen LogP contribution in [0.5, 0.6) is 11.5 Å². The summed E-state index contributed by atoms with van der Waals surface area (Å²) in [6.45, 7) is 2.64. The summed E-state index contributed by atoms with van der Waals surface area (Å²) < 4.78 is 11.0. The third-order valence-electron chi connectivity index (χ3n) is 5.22. The van der Waals surface area contributed by atoms with Crippen LogP contribution in [0.1, 0.15) is 27.6 Å². The molecular weight excluding hydrogens is 384 g/mol. The van der Waals surface area contributed by atoms with E-state index < -0.39 is 0 Å². The Kier molecular flexibility index (Phi) is 5.45. The molecule has 1 aliphatic heterocycles. The summed E-state index contributed by atoms with van der Waals surface area (Å²) >= 11 is 1.65. The van der Waals surface area contributed by atoms with Crippen LogP contribution in [0.2, 0.25) is 0 Å². The van der Waals surface area contributed by atoms with E-state index in [-0.39, 0.29) is 12.1 Å². The summed E-state index contributed by atoms with van der Waals surface area (Å²) in [5, 5.41) is 5.10. The average Bonchev–Trinajstić information content (AvgIpc) is 3.26. The summed E-state index contributed by atoms with van der Waals surface area (Å²) in [5.74, 6) is 1.39. The highest BCUT2D eigenvalue weighted by atomic mass is 32.1. The largest absolute Gasteiger partial charge is 0.493 e. The van der Waals surface area contributed by atoms with E-state index in [9.17, 15) is 4.79 Å². The highest BCUT2D eigenvalue weighted by Crippen LogP contribution is 2.42. The lowest BCUT2D eigenvalue weighted by Crippen LogP contribution is -2.42. The van der Waals surface area contributed by atoms with E-state index in [0.717, 1.165) is 28.1 Å². The molecule has 150 valence electrons. The van der Waals surface area contributed by atoms with Gasteiger partial charge in [0.1, 0.15) is 0 Å². The number of carbonyl (C=O) groups is 1. The zero-order valence-electron chi connectivity index (χ0n) is 16.8. The number of rotatable bonds is 4. The van der Waals surface area contributed by atoms with Gasteiger partial charge in [-0.15, -0.1) is 11.3 Å². The number of hydrogen-bond donors (Lipinski definition) is 1. The maximum atomic E-state index is 13.2. The molecule has 1 aromatic heterocycles. The molecule has 1 unspecified atom stereocenters. The lowest BCUT2D eigenvalue weighted by Gasteiger charge is -2.37. The third kappa shape index (κ3) is 3.80. The van der Waals surface area contributed by atoms with E-state index in [0.29, 0.717) is 18.0 Å². The standard InChI is InChI=1S/C23H24N2O3S/c1-15-6-4-7-17(12-15)24-23(26)25-10-9-16-13-19(27-2)20(28-3)14-18(16)22(25)21-8-5-11-29-21/h4-8,11-14,22H,9-10H2,1-3H3,(H,24,26). The molecule has 0 saturated heterocycles. The zero-order chi connectivity index (χ0) is 20.4. The number of methoxy groups -OCH3 is 2. The van der Waals surface area contributed by atoms with Crippen molar-refractivity contribution in [2.24, 2.45) is 0 Å². The smallest absolute Gasteiger partial charge is 0.322 e. The zero-order valence-corrected chi connectivity index (χ0v) is 17.6. The molecule has 0 spiro atoms. The van der Waals surface area contributed by atoms with Crippen LogP contribution < -0.4 is 14.8 Å². The maximum absolute atomic E-state index is 13.2. The molecule has 1 atom stereocenters. The Morgan fingerprint density at radius 2 is 1.90 bits per heavy atom. The number of carbonyl (C=O) groups excluding carboxylic acids is 1. The number of nitrogens with one attached hydrogen (secondary N) is 1. The van der Waals surface area contributed by atoms with E-state index in [4.69, 9.17) is 9.47 Å². The SMILES string of the molecule is COc1cc2c(cc1OC)C(c1cccs1)N(C(=O)Nc1cccc(C)c1)CC2. The van der Waals surface area contributed by atoms with Crippen LogP contribution in [0, 0.1) is 6.92 Å². The Hall–Kier alpha value is -2.99. The van der Waals surface area contributed by atoms with Gasteiger partial charge in [0.05, 0.1) is 20.3 Å². The topological polar surface area (TPSA) is 50.8 Å². The van der Waals surface area contributed by atoms with Gasteiger partial charge in [-0.25, -0.2) is 4.79 Å². The molecule has 1 aliphatic rings. The van der Waals surface area contributed by atoms with Gasteiger partial charge in [0.25, 0.3) is 0 Å². The van der Waals surface area contributed by atoms with Crippen LogP contribution in [0.4, 0.5) is 10.5 Å². The summed E-state index contributed by atoms with van der Waals surface area (Å²) in [6, 6.07) is 15.7. The van der Waals surface area contributed by atoms with Crippen LogP contribution in [0.3, 0.4) is 0 Å². The fourth-order valence-electron chi connectivity index (χ4n) is 3.84. The van der Waals surface area contributed by atoms with Crippen LogP contribution in [0.25, 0.3) is 0 Å². The minimum atomic E-state index is -0.164. The molecule has 29 heavy (non-hydrogen) atoms. The van der Waals surface area contributed by atoms with E-state index >= 15 is 0 Å². The first-order valence-electron chi connectivity index (χ1n) is 9.53. The molecule has 0 bridgehead atoms. The van der Waals surface area contributed by atoms with E-state index in [1.54, 1.807) is 25.6 Å². The van der Waals surface area contributed by atoms with Gasteiger partial charge in [0, 0.05) is 17.1 Å². The number of anilines is 1. The molecule has 1 N–H and O–H groups in total. The van der Waals surface area contributed by atoms with Crippen molar-refractivity contribution in [1.82, 2.24) is 4.90 Å². The van der Waals surface area contributed by atoms with Gasteiger partial charge < -0.3 is 19.7 Å². The molecule has 5 nitrogen and oxygen atoms in total. The summed E-state index contributed by atoms with van der Waals surface area (Å²) in [7, 11) is 3.28. The first-order valence-corrected chi connectivity index (χ1v) is 10.4. The average molecular weight is 409 g/mol. The molecule has 0 saturated carbocycles.